The molecule has 0 atom stereocenters. The van der Waals surface area contributed by atoms with E-state index in [1.807, 2.05) is 12.1 Å². The number of hydrogen-bond donors (Lipinski definition) is 2. The Kier molecular flexibility index (Phi) is 5.38. The summed E-state index contributed by atoms with van der Waals surface area (Å²) in [7, 11) is 0. The van der Waals surface area contributed by atoms with Gasteiger partial charge in [-0.15, -0.1) is 0 Å². The van der Waals surface area contributed by atoms with Gasteiger partial charge in [0.1, 0.15) is 11.5 Å². The van der Waals surface area contributed by atoms with Crippen molar-refractivity contribution < 1.29 is 19.4 Å². The van der Waals surface area contributed by atoms with Gasteiger partial charge in [-0.05, 0) is 36.4 Å². The molecule has 0 aliphatic rings. The molecule has 2 aromatic rings. The molecule has 2 rings (SSSR count). The summed E-state index contributed by atoms with van der Waals surface area (Å²) in [6.45, 7) is 0. The molecule has 0 saturated heterocycles. The molecule has 0 aliphatic heterocycles. The Balaban J connectivity index is 1.94. The fourth-order valence-corrected chi connectivity index (χ4v) is 1.88. The summed E-state index contributed by atoms with van der Waals surface area (Å²) < 4.78 is 5.63. The molecule has 6 heteroatoms. The van der Waals surface area contributed by atoms with Crippen LogP contribution < -0.4 is 10.1 Å². The minimum atomic E-state index is -1.00. The van der Waals surface area contributed by atoms with Gasteiger partial charge in [-0.1, -0.05) is 23.7 Å². The third-order valence-electron chi connectivity index (χ3n) is 2.77. The minimum Gasteiger partial charge on any atom is -0.481 e. The SMILES string of the molecule is O=C(O)CCC(=O)Nc1ccc(Oc2ccccc2Cl)cc1. The van der Waals surface area contributed by atoms with Crippen molar-refractivity contribution in [1.82, 2.24) is 0 Å². The van der Waals surface area contributed by atoms with Crippen LogP contribution in [0.4, 0.5) is 5.69 Å². The smallest absolute Gasteiger partial charge is 0.303 e. The molecule has 2 aromatic carbocycles. The van der Waals surface area contributed by atoms with E-state index in [-0.39, 0.29) is 18.7 Å². The van der Waals surface area contributed by atoms with Gasteiger partial charge >= 0.3 is 5.97 Å². The molecule has 0 radical (unpaired) electrons. The summed E-state index contributed by atoms with van der Waals surface area (Å²) >= 11 is 6.00. The van der Waals surface area contributed by atoms with E-state index in [0.717, 1.165) is 0 Å². The van der Waals surface area contributed by atoms with Crippen molar-refractivity contribution in [2.24, 2.45) is 0 Å². The number of carbonyl (C=O) groups excluding carboxylic acids is 1. The van der Waals surface area contributed by atoms with Crippen LogP contribution in [0.25, 0.3) is 0 Å². The summed E-state index contributed by atoms with van der Waals surface area (Å²) in [6, 6.07) is 13.8. The topological polar surface area (TPSA) is 75.6 Å². The van der Waals surface area contributed by atoms with E-state index >= 15 is 0 Å². The number of carboxylic acid groups (broad SMARTS) is 1. The Hall–Kier alpha value is -2.53. The van der Waals surface area contributed by atoms with Crippen LogP contribution in [-0.4, -0.2) is 17.0 Å². The van der Waals surface area contributed by atoms with Crippen molar-refractivity contribution in [3.8, 4) is 11.5 Å². The molecule has 0 unspecified atom stereocenters. The lowest BCUT2D eigenvalue weighted by Crippen LogP contribution is -2.12. The zero-order valence-electron chi connectivity index (χ0n) is 11.6. The monoisotopic (exact) mass is 319 g/mol. The second-order valence-corrected chi connectivity index (χ2v) is 4.91. The molecule has 0 aromatic heterocycles. The molecule has 2 N–H and O–H groups in total. The van der Waals surface area contributed by atoms with Crippen molar-refractivity contribution in [1.29, 1.82) is 0 Å². The van der Waals surface area contributed by atoms with E-state index in [9.17, 15) is 9.59 Å². The van der Waals surface area contributed by atoms with E-state index in [2.05, 4.69) is 5.32 Å². The first-order valence-electron chi connectivity index (χ1n) is 6.58. The van der Waals surface area contributed by atoms with Crippen LogP contribution in [0.5, 0.6) is 11.5 Å². The van der Waals surface area contributed by atoms with Crippen LogP contribution in [0.2, 0.25) is 5.02 Å². The summed E-state index contributed by atoms with van der Waals surface area (Å²) in [6.07, 6.45) is -0.257. The number of anilines is 1. The summed E-state index contributed by atoms with van der Waals surface area (Å²) in [5.41, 5.74) is 0.571. The first-order valence-corrected chi connectivity index (χ1v) is 6.96. The molecule has 0 saturated carbocycles. The number of carboxylic acids is 1. The lowest BCUT2D eigenvalue weighted by molar-refractivity contribution is -0.138. The van der Waals surface area contributed by atoms with Crippen molar-refractivity contribution in [2.45, 2.75) is 12.8 Å². The van der Waals surface area contributed by atoms with Gasteiger partial charge in [0, 0.05) is 12.1 Å². The highest BCUT2D eigenvalue weighted by molar-refractivity contribution is 6.32. The number of nitrogens with one attached hydrogen (secondary N) is 1. The molecular formula is C16H14ClNO4. The molecule has 0 spiro atoms. The van der Waals surface area contributed by atoms with Crippen LogP contribution in [-0.2, 0) is 9.59 Å². The lowest BCUT2D eigenvalue weighted by atomic mass is 10.2. The third kappa shape index (κ3) is 4.79. The summed E-state index contributed by atoms with van der Waals surface area (Å²) in [5.74, 6) is -0.222. The average molecular weight is 320 g/mol. The van der Waals surface area contributed by atoms with Crippen molar-refractivity contribution in [3.63, 3.8) is 0 Å². The first kappa shape index (κ1) is 15.9. The molecule has 114 valence electrons. The Morgan fingerprint density at radius 3 is 2.36 bits per heavy atom. The van der Waals surface area contributed by atoms with Gasteiger partial charge in [0.15, 0.2) is 0 Å². The Bertz CT molecular complexity index is 670. The number of carbonyl (C=O) groups is 2. The predicted octanol–water partition coefficient (Wildman–Crippen LogP) is 3.94. The molecule has 0 bridgehead atoms. The third-order valence-corrected chi connectivity index (χ3v) is 3.08. The highest BCUT2D eigenvalue weighted by atomic mass is 35.5. The largest absolute Gasteiger partial charge is 0.481 e. The van der Waals surface area contributed by atoms with Gasteiger partial charge in [-0.25, -0.2) is 0 Å². The van der Waals surface area contributed by atoms with Crippen LogP contribution in [0.1, 0.15) is 12.8 Å². The van der Waals surface area contributed by atoms with Gasteiger partial charge < -0.3 is 15.2 Å². The van der Waals surface area contributed by atoms with Crippen molar-refractivity contribution in [2.75, 3.05) is 5.32 Å². The Labute approximate surface area is 132 Å². The molecule has 0 aliphatic carbocycles. The average Bonchev–Trinajstić information content (AvgIpc) is 2.49. The molecule has 22 heavy (non-hydrogen) atoms. The zero-order valence-corrected chi connectivity index (χ0v) is 12.3. The minimum absolute atomic E-state index is 0.0623. The molecular weight excluding hydrogens is 306 g/mol. The summed E-state index contributed by atoms with van der Waals surface area (Å²) in [5, 5.41) is 11.6. The maximum absolute atomic E-state index is 11.5. The van der Waals surface area contributed by atoms with Crippen molar-refractivity contribution >= 4 is 29.2 Å². The molecule has 1 amide bonds. The number of halogens is 1. The summed E-state index contributed by atoms with van der Waals surface area (Å²) in [4.78, 5) is 21.9. The van der Waals surface area contributed by atoms with E-state index < -0.39 is 5.97 Å². The van der Waals surface area contributed by atoms with E-state index in [4.69, 9.17) is 21.4 Å². The maximum atomic E-state index is 11.5. The Morgan fingerprint density at radius 1 is 1.05 bits per heavy atom. The van der Waals surface area contributed by atoms with Crippen molar-refractivity contribution in [3.05, 3.63) is 53.6 Å². The fraction of sp³-hybridized carbons (Fsp3) is 0.125. The number of benzene rings is 2. The highest BCUT2D eigenvalue weighted by Crippen LogP contribution is 2.29. The maximum Gasteiger partial charge on any atom is 0.303 e. The number of hydrogen-bond acceptors (Lipinski definition) is 3. The van der Waals surface area contributed by atoms with E-state index in [1.165, 1.54) is 0 Å². The quantitative estimate of drug-likeness (QED) is 0.845. The molecule has 5 nitrogen and oxygen atoms in total. The second-order valence-electron chi connectivity index (χ2n) is 4.50. The van der Waals surface area contributed by atoms with Gasteiger partial charge in [-0.2, -0.15) is 0 Å². The number of amides is 1. The highest BCUT2D eigenvalue weighted by Gasteiger charge is 2.06. The Morgan fingerprint density at radius 2 is 1.73 bits per heavy atom. The first-order chi connectivity index (χ1) is 10.5. The van der Waals surface area contributed by atoms with Crippen LogP contribution in [0.3, 0.4) is 0 Å². The normalized spacial score (nSPS) is 10.0. The second kappa shape index (κ2) is 7.47. The van der Waals surface area contributed by atoms with Gasteiger partial charge in [0.05, 0.1) is 11.4 Å². The lowest BCUT2D eigenvalue weighted by Gasteiger charge is -2.09. The van der Waals surface area contributed by atoms with Gasteiger partial charge in [0.2, 0.25) is 5.91 Å². The van der Waals surface area contributed by atoms with Gasteiger partial charge in [0.25, 0.3) is 0 Å². The number of rotatable bonds is 6. The number of ether oxygens (including phenoxy) is 1. The van der Waals surface area contributed by atoms with Gasteiger partial charge in [-0.3, -0.25) is 9.59 Å². The van der Waals surface area contributed by atoms with E-state index in [0.29, 0.717) is 22.2 Å². The number of aliphatic carboxylic acids is 1. The van der Waals surface area contributed by atoms with Crippen LogP contribution >= 0.6 is 11.6 Å². The standard InChI is InChI=1S/C16H14ClNO4/c17-13-3-1-2-4-14(13)22-12-7-5-11(6-8-12)18-15(19)9-10-16(20)21/h1-8H,9-10H2,(H,18,19)(H,20,21). The zero-order chi connectivity index (χ0) is 15.9. The van der Waals surface area contributed by atoms with Crippen LogP contribution in [0.15, 0.2) is 48.5 Å². The number of para-hydroxylation sites is 1. The van der Waals surface area contributed by atoms with E-state index in [1.54, 1.807) is 36.4 Å². The van der Waals surface area contributed by atoms with Crippen LogP contribution in [0, 0.1) is 0 Å². The predicted molar refractivity (Wildman–Crippen MR) is 83.5 cm³/mol. The fourth-order valence-electron chi connectivity index (χ4n) is 1.70. The molecule has 0 fully saturated rings. The molecule has 0 heterocycles.